The van der Waals surface area contributed by atoms with Crippen LogP contribution in [0.5, 0.6) is 0 Å². The van der Waals surface area contributed by atoms with E-state index in [-0.39, 0.29) is 5.97 Å². The van der Waals surface area contributed by atoms with E-state index in [9.17, 15) is 4.79 Å². The summed E-state index contributed by atoms with van der Waals surface area (Å²) < 4.78 is 10.8. The second-order valence-corrected chi connectivity index (χ2v) is 7.10. The van der Waals surface area contributed by atoms with Gasteiger partial charge in [0.15, 0.2) is 0 Å². The molecule has 32 heavy (non-hydrogen) atoms. The molecule has 0 saturated heterocycles. The van der Waals surface area contributed by atoms with Crippen LogP contribution < -0.4 is 4.90 Å². The summed E-state index contributed by atoms with van der Waals surface area (Å²) in [5.74, 6) is 0.339. The minimum Gasteiger partial charge on any atom is -0.465 e. The molecule has 4 heteroatoms. The number of esters is 1. The Morgan fingerprint density at radius 1 is 0.938 bits per heavy atom. The quantitative estimate of drug-likeness (QED) is 0.232. The van der Waals surface area contributed by atoms with Gasteiger partial charge in [-0.3, -0.25) is 0 Å². The number of carbonyl (C=O) groups excluding carboxylic acids is 1. The van der Waals surface area contributed by atoms with Crippen LogP contribution in [0.15, 0.2) is 120 Å². The highest BCUT2D eigenvalue weighted by molar-refractivity contribution is 5.94. The third-order valence-electron chi connectivity index (χ3n) is 5.12. The molecule has 0 aliphatic carbocycles. The number of rotatable bonds is 7. The first-order valence-corrected chi connectivity index (χ1v) is 10.2. The van der Waals surface area contributed by atoms with Crippen molar-refractivity contribution < 1.29 is 13.9 Å². The number of hydrogen-bond acceptors (Lipinski definition) is 4. The molecule has 0 spiro atoms. The average Bonchev–Trinajstić information content (AvgIpc) is 3.27. The first-order chi connectivity index (χ1) is 15.6. The molecule has 158 valence electrons. The lowest BCUT2D eigenvalue weighted by molar-refractivity contribution is 0.0601. The Hall–Kier alpha value is -4.31. The summed E-state index contributed by atoms with van der Waals surface area (Å²) >= 11 is 0. The largest absolute Gasteiger partial charge is 0.465 e. The van der Waals surface area contributed by atoms with Crippen LogP contribution in [0.1, 0.15) is 10.4 Å². The van der Waals surface area contributed by atoms with Crippen LogP contribution in [0, 0.1) is 0 Å². The summed E-state index contributed by atoms with van der Waals surface area (Å²) in [5, 5.41) is 0.922. The van der Waals surface area contributed by atoms with E-state index in [1.165, 1.54) is 7.11 Å². The number of anilines is 2. The smallest absolute Gasteiger partial charge is 0.337 e. The van der Waals surface area contributed by atoms with E-state index < -0.39 is 0 Å². The molecule has 1 heterocycles. The van der Waals surface area contributed by atoms with Crippen LogP contribution in [0.4, 0.5) is 11.4 Å². The van der Waals surface area contributed by atoms with Crippen molar-refractivity contribution in [3.05, 3.63) is 122 Å². The van der Waals surface area contributed by atoms with Crippen molar-refractivity contribution in [3.63, 3.8) is 0 Å². The average molecular weight is 421 g/mol. The van der Waals surface area contributed by atoms with Crippen LogP contribution in [-0.2, 0) is 4.74 Å². The number of hydrogen-bond donors (Lipinski definition) is 0. The van der Waals surface area contributed by atoms with Crippen LogP contribution >= 0.6 is 0 Å². The van der Waals surface area contributed by atoms with Gasteiger partial charge in [-0.05, 0) is 66.7 Å². The van der Waals surface area contributed by atoms with E-state index in [4.69, 9.17) is 9.15 Å². The molecular formula is C28H23NO3. The summed E-state index contributed by atoms with van der Waals surface area (Å²) in [7, 11) is 1.36. The van der Waals surface area contributed by atoms with E-state index >= 15 is 0 Å². The molecule has 0 unspecified atom stereocenters. The number of furan rings is 1. The maximum Gasteiger partial charge on any atom is 0.337 e. The zero-order valence-corrected chi connectivity index (χ0v) is 17.8. The molecule has 4 nitrogen and oxygen atoms in total. The van der Waals surface area contributed by atoms with Crippen molar-refractivity contribution in [1.29, 1.82) is 0 Å². The molecule has 0 aliphatic rings. The van der Waals surface area contributed by atoms with Crippen LogP contribution in [0.25, 0.3) is 22.3 Å². The molecule has 0 amide bonds. The Morgan fingerprint density at radius 2 is 1.66 bits per heavy atom. The highest BCUT2D eigenvalue weighted by Gasteiger charge is 2.14. The van der Waals surface area contributed by atoms with Crippen molar-refractivity contribution in [1.82, 2.24) is 0 Å². The highest BCUT2D eigenvalue weighted by atomic mass is 16.5. The molecule has 0 radical (unpaired) electrons. The van der Waals surface area contributed by atoms with Gasteiger partial charge >= 0.3 is 5.97 Å². The second kappa shape index (κ2) is 9.23. The fourth-order valence-electron chi connectivity index (χ4n) is 3.57. The predicted octanol–water partition coefficient (Wildman–Crippen LogP) is 7.28. The van der Waals surface area contributed by atoms with E-state index in [0.29, 0.717) is 11.1 Å². The summed E-state index contributed by atoms with van der Waals surface area (Å²) in [6.45, 7) is 7.78. The van der Waals surface area contributed by atoms with Gasteiger partial charge in [0.1, 0.15) is 11.3 Å². The lowest BCUT2D eigenvalue weighted by Gasteiger charge is -2.26. The number of carbonyl (C=O) groups is 1. The maximum atomic E-state index is 11.8. The van der Waals surface area contributed by atoms with Crippen molar-refractivity contribution in [3.8, 4) is 11.3 Å². The summed E-state index contributed by atoms with van der Waals surface area (Å²) in [5.41, 5.74) is 4.95. The number of ether oxygens (including phenoxy) is 1. The third-order valence-corrected chi connectivity index (χ3v) is 5.12. The summed E-state index contributed by atoms with van der Waals surface area (Å²) in [6.07, 6.45) is 5.48. The summed E-state index contributed by atoms with van der Waals surface area (Å²) in [6, 6.07) is 25.4. The zero-order valence-electron chi connectivity index (χ0n) is 17.8. The molecule has 0 aliphatic heterocycles. The van der Waals surface area contributed by atoms with E-state index in [1.54, 1.807) is 24.3 Å². The van der Waals surface area contributed by atoms with Gasteiger partial charge in [-0.2, -0.15) is 0 Å². The number of nitrogens with zero attached hydrogens (tertiary/aromatic N) is 1. The number of benzene rings is 3. The van der Waals surface area contributed by atoms with Gasteiger partial charge in [0.05, 0.1) is 12.7 Å². The van der Waals surface area contributed by atoms with Gasteiger partial charge in [0.2, 0.25) is 0 Å². The standard InChI is InChI=1S/C28H23NO3/c1-4-9-23(5-2)29(24-10-7-6-8-11-24)25-16-14-20(15-17-25)26-18-21-12-13-22(28(30)31-3)19-27(21)32-26/h4-19H,1-2H2,3H3/b23-9+. The number of fused-ring (bicyclic) bond motifs is 1. The Bertz CT molecular complexity index is 1300. The zero-order chi connectivity index (χ0) is 22.5. The number of para-hydroxylation sites is 1. The first-order valence-electron chi connectivity index (χ1n) is 10.2. The minimum atomic E-state index is -0.388. The van der Waals surface area contributed by atoms with Crippen molar-refractivity contribution in [2.75, 3.05) is 12.0 Å². The number of methoxy groups -OCH3 is 1. The fourth-order valence-corrected chi connectivity index (χ4v) is 3.57. The SMILES string of the molecule is C=C/C=C(\C=C)N(c1ccccc1)c1ccc(-c2cc3ccc(C(=O)OC)cc3o2)cc1. The van der Waals surface area contributed by atoms with E-state index in [2.05, 4.69) is 18.1 Å². The van der Waals surface area contributed by atoms with Gasteiger partial charge in [-0.15, -0.1) is 0 Å². The maximum absolute atomic E-state index is 11.8. The molecule has 0 saturated carbocycles. The Kier molecular flexibility index (Phi) is 6.04. The van der Waals surface area contributed by atoms with E-state index in [1.807, 2.05) is 72.8 Å². The van der Waals surface area contributed by atoms with Crippen LogP contribution in [0.3, 0.4) is 0 Å². The first kappa shape index (κ1) is 20.9. The molecule has 0 fully saturated rings. The molecule has 3 aromatic carbocycles. The van der Waals surface area contributed by atoms with E-state index in [0.717, 1.165) is 33.8 Å². The van der Waals surface area contributed by atoms with Gasteiger partial charge < -0.3 is 14.1 Å². The van der Waals surface area contributed by atoms with Crippen LogP contribution in [-0.4, -0.2) is 13.1 Å². The monoisotopic (exact) mass is 421 g/mol. The Labute approximate surface area is 187 Å². The molecule has 1 aromatic heterocycles. The molecule has 0 atom stereocenters. The highest BCUT2D eigenvalue weighted by Crippen LogP contribution is 2.34. The molecule has 4 aromatic rings. The Balaban J connectivity index is 1.71. The normalized spacial score (nSPS) is 11.2. The number of allylic oxidation sites excluding steroid dienone is 3. The topological polar surface area (TPSA) is 42.7 Å². The van der Waals surface area contributed by atoms with Gasteiger partial charge in [0, 0.05) is 28.0 Å². The molecular weight excluding hydrogens is 398 g/mol. The summed E-state index contributed by atoms with van der Waals surface area (Å²) in [4.78, 5) is 13.9. The second-order valence-electron chi connectivity index (χ2n) is 7.10. The lowest BCUT2D eigenvalue weighted by atomic mass is 10.1. The van der Waals surface area contributed by atoms with Gasteiger partial charge in [-0.1, -0.05) is 43.5 Å². The van der Waals surface area contributed by atoms with Gasteiger partial charge in [0.25, 0.3) is 0 Å². The molecule has 4 rings (SSSR count). The minimum absolute atomic E-state index is 0.388. The Morgan fingerprint density at radius 3 is 2.31 bits per heavy atom. The van der Waals surface area contributed by atoms with Gasteiger partial charge in [-0.25, -0.2) is 4.79 Å². The fraction of sp³-hybridized carbons (Fsp3) is 0.0357. The van der Waals surface area contributed by atoms with Crippen LogP contribution in [0.2, 0.25) is 0 Å². The predicted molar refractivity (Wildman–Crippen MR) is 130 cm³/mol. The third kappa shape index (κ3) is 4.12. The van der Waals surface area contributed by atoms with Crippen molar-refractivity contribution in [2.45, 2.75) is 0 Å². The molecule has 0 bridgehead atoms. The molecule has 0 N–H and O–H groups in total. The van der Waals surface area contributed by atoms with Crippen molar-refractivity contribution >= 4 is 28.3 Å². The lowest BCUT2D eigenvalue weighted by Crippen LogP contribution is -2.14. The van der Waals surface area contributed by atoms with Crippen molar-refractivity contribution in [2.24, 2.45) is 0 Å².